The first kappa shape index (κ1) is 20.9. The van der Waals surface area contributed by atoms with Crippen molar-refractivity contribution >= 4 is 5.97 Å². The maximum atomic E-state index is 13.0. The monoisotopic (exact) mass is 422 g/mol. The fraction of sp³-hybridized carbons (Fsp3) is 0.870. The molecular formula is C23H34O7. The van der Waals surface area contributed by atoms with Gasteiger partial charge in [0.15, 0.2) is 11.9 Å². The standard InChI is InChI=1S/C23H34O7/c1-5-28-16-10-14-22-11-29-23(14,20(26)27-4)19(25)17(24)18(22)21(3)8-6-7-12(2)13(21)9-15(22)30-16/h6-7,12-19,24-25H,5,8-11H2,1-4H3/t12-,13+,14-,15-,16+,17-,18-,19+,21+,22-,23+/m1/s1. The van der Waals surface area contributed by atoms with Crippen molar-refractivity contribution in [3.05, 3.63) is 12.2 Å². The summed E-state index contributed by atoms with van der Waals surface area (Å²) in [7, 11) is 1.30. The number of aliphatic hydroxyl groups is 2. The molecule has 0 aromatic heterocycles. The van der Waals surface area contributed by atoms with Crippen LogP contribution in [0.2, 0.25) is 0 Å². The van der Waals surface area contributed by atoms with Gasteiger partial charge in [0.05, 0.1) is 25.9 Å². The van der Waals surface area contributed by atoms with E-state index in [1.165, 1.54) is 7.11 Å². The number of ether oxygens (including phenoxy) is 4. The van der Waals surface area contributed by atoms with Crippen LogP contribution in [0.3, 0.4) is 0 Å². The Morgan fingerprint density at radius 1 is 1.30 bits per heavy atom. The minimum Gasteiger partial charge on any atom is -0.467 e. The number of rotatable bonds is 3. The van der Waals surface area contributed by atoms with E-state index in [-0.39, 0.29) is 30.0 Å². The molecule has 1 spiro atoms. The van der Waals surface area contributed by atoms with Crippen LogP contribution >= 0.6 is 0 Å². The lowest BCUT2D eigenvalue weighted by atomic mass is 9.38. The molecule has 0 amide bonds. The summed E-state index contributed by atoms with van der Waals surface area (Å²) in [6.07, 6.45) is 3.42. The summed E-state index contributed by atoms with van der Waals surface area (Å²) in [6.45, 7) is 7.14. The minimum atomic E-state index is -1.58. The van der Waals surface area contributed by atoms with E-state index in [9.17, 15) is 15.0 Å². The van der Waals surface area contributed by atoms with E-state index in [1.807, 2.05) is 6.92 Å². The van der Waals surface area contributed by atoms with Gasteiger partial charge >= 0.3 is 5.97 Å². The SMILES string of the molecule is CCO[C@@H]1C[C@H]2[C@]3(C(=O)OC)OC[C@@]24[C@H]([C@@H](O)[C@@H]3O)[C@@]2(C)CC=C[C@@H](C)[C@@H]2C[C@H]4O1. The van der Waals surface area contributed by atoms with E-state index in [0.717, 1.165) is 12.8 Å². The van der Waals surface area contributed by atoms with Crippen molar-refractivity contribution in [2.45, 2.75) is 70.2 Å². The molecule has 4 fully saturated rings. The second-order valence-electron chi connectivity index (χ2n) is 10.2. The third-order valence-electron chi connectivity index (χ3n) is 9.27. The normalized spacial score (nSPS) is 56.2. The lowest BCUT2D eigenvalue weighted by Crippen LogP contribution is -2.76. The molecule has 3 aliphatic carbocycles. The first-order valence-corrected chi connectivity index (χ1v) is 11.3. The van der Waals surface area contributed by atoms with Crippen molar-refractivity contribution < 1.29 is 34.0 Å². The van der Waals surface area contributed by atoms with Gasteiger partial charge in [-0.1, -0.05) is 26.0 Å². The van der Waals surface area contributed by atoms with Gasteiger partial charge in [0.1, 0.15) is 6.10 Å². The molecule has 5 aliphatic rings. The van der Waals surface area contributed by atoms with Gasteiger partial charge in [0, 0.05) is 30.3 Å². The number of carbonyl (C=O) groups is 1. The summed E-state index contributed by atoms with van der Waals surface area (Å²) < 4.78 is 23.7. The number of methoxy groups -OCH3 is 1. The average molecular weight is 423 g/mol. The molecule has 2 saturated heterocycles. The Morgan fingerprint density at radius 2 is 2.07 bits per heavy atom. The third kappa shape index (κ3) is 2.26. The Balaban J connectivity index is 1.69. The zero-order chi connectivity index (χ0) is 21.5. The van der Waals surface area contributed by atoms with Gasteiger partial charge < -0.3 is 29.2 Å². The number of carbonyl (C=O) groups excluding carboxylic acids is 1. The molecule has 7 heteroatoms. The second kappa shape index (κ2) is 6.75. The van der Waals surface area contributed by atoms with Gasteiger partial charge in [0.2, 0.25) is 0 Å². The van der Waals surface area contributed by atoms with Gasteiger partial charge in [-0.15, -0.1) is 0 Å². The van der Waals surface area contributed by atoms with Gasteiger partial charge in [-0.05, 0) is 37.0 Å². The van der Waals surface area contributed by atoms with E-state index in [1.54, 1.807) is 0 Å². The quantitative estimate of drug-likeness (QED) is 0.528. The van der Waals surface area contributed by atoms with Crippen LogP contribution in [0.15, 0.2) is 12.2 Å². The highest BCUT2D eigenvalue weighted by Crippen LogP contribution is 2.72. The molecule has 2 heterocycles. The summed E-state index contributed by atoms with van der Waals surface area (Å²) in [5, 5.41) is 22.9. The number of aliphatic hydroxyl groups excluding tert-OH is 2. The molecule has 2 saturated carbocycles. The Hall–Kier alpha value is -0.990. The molecule has 0 aromatic rings. The minimum absolute atomic E-state index is 0.210. The van der Waals surface area contributed by atoms with Gasteiger partial charge in [0.25, 0.3) is 0 Å². The molecule has 2 N–H and O–H groups in total. The lowest BCUT2D eigenvalue weighted by Gasteiger charge is -2.68. The zero-order valence-corrected chi connectivity index (χ0v) is 18.2. The van der Waals surface area contributed by atoms with Crippen LogP contribution in [0, 0.1) is 34.5 Å². The maximum absolute atomic E-state index is 13.0. The predicted molar refractivity (Wildman–Crippen MR) is 106 cm³/mol. The molecule has 2 aliphatic heterocycles. The van der Waals surface area contributed by atoms with E-state index < -0.39 is 35.5 Å². The fourth-order valence-corrected chi connectivity index (χ4v) is 8.22. The summed E-state index contributed by atoms with van der Waals surface area (Å²) in [4.78, 5) is 13.0. The topological polar surface area (TPSA) is 94.5 Å². The van der Waals surface area contributed by atoms with Gasteiger partial charge in [-0.2, -0.15) is 0 Å². The van der Waals surface area contributed by atoms with Crippen molar-refractivity contribution in [1.82, 2.24) is 0 Å². The first-order chi connectivity index (χ1) is 14.3. The molecule has 0 aromatic carbocycles. The molecule has 7 nitrogen and oxygen atoms in total. The van der Waals surface area contributed by atoms with Crippen LogP contribution in [0.5, 0.6) is 0 Å². The Morgan fingerprint density at radius 3 is 2.77 bits per heavy atom. The maximum Gasteiger partial charge on any atom is 0.341 e. The number of fused-ring (bicyclic) bond motifs is 2. The highest BCUT2D eigenvalue weighted by Gasteiger charge is 2.81. The molecule has 11 atom stereocenters. The molecule has 0 unspecified atom stereocenters. The van der Waals surface area contributed by atoms with Crippen LogP contribution in [-0.2, 0) is 23.7 Å². The van der Waals surface area contributed by atoms with E-state index >= 15 is 0 Å². The van der Waals surface area contributed by atoms with Crippen LogP contribution in [0.25, 0.3) is 0 Å². The zero-order valence-electron chi connectivity index (χ0n) is 18.2. The third-order valence-corrected chi connectivity index (χ3v) is 9.27. The van der Waals surface area contributed by atoms with Gasteiger partial charge in [-0.25, -0.2) is 4.79 Å². The van der Waals surface area contributed by atoms with Crippen LogP contribution < -0.4 is 0 Å². The summed E-state index contributed by atoms with van der Waals surface area (Å²) in [6, 6.07) is 0. The van der Waals surface area contributed by atoms with Crippen molar-refractivity contribution in [1.29, 1.82) is 0 Å². The second-order valence-corrected chi connectivity index (χ2v) is 10.2. The highest BCUT2D eigenvalue weighted by molar-refractivity contribution is 5.82. The molecule has 30 heavy (non-hydrogen) atoms. The summed E-state index contributed by atoms with van der Waals surface area (Å²) in [5.41, 5.74) is -2.36. The van der Waals surface area contributed by atoms with E-state index in [2.05, 4.69) is 26.0 Å². The molecule has 5 rings (SSSR count). The van der Waals surface area contributed by atoms with Crippen LogP contribution in [-0.4, -0.2) is 66.7 Å². The van der Waals surface area contributed by atoms with Crippen LogP contribution in [0.1, 0.15) is 40.0 Å². The van der Waals surface area contributed by atoms with Crippen molar-refractivity contribution in [3.8, 4) is 0 Å². The van der Waals surface area contributed by atoms with Crippen molar-refractivity contribution in [2.24, 2.45) is 34.5 Å². The lowest BCUT2D eigenvalue weighted by molar-refractivity contribution is -0.328. The number of hydrogen-bond donors (Lipinski definition) is 2. The number of hydrogen-bond acceptors (Lipinski definition) is 7. The fourth-order valence-electron chi connectivity index (χ4n) is 8.22. The number of allylic oxidation sites excluding steroid dienone is 2. The molecule has 0 radical (unpaired) electrons. The van der Waals surface area contributed by atoms with Crippen LogP contribution in [0.4, 0.5) is 0 Å². The summed E-state index contributed by atoms with van der Waals surface area (Å²) in [5.74, 6) is -0.555. The van der Waals surface area contributed by atoms with Crippen molar-refractivity contribution in [3.63, 3.8) is 0 Å². The van der Waals surface area contributed by atoms with E-state index in [0.29, 0.717) is 24.9 Å². The molecule has 2 bridgehead atoms. The first-order valence-electron chi connectivity index (χ1n) is 11.3. The highest BCUT2D eigenvalue weighted by atomic mass is 16.7. The summed E-state index contributed by atoms with van der Waals surface area (Å²) >= 11 is 0. The molecular weight excluding hydrogens is 388 g/mol. The largest absolute Gasteiger partial charge is 0.467 e. The Bertz CT molecular complexity index is 754. The number of esters is 1. The van der Waals surface area contributed by atoms with Gasteiger partial charge in [-0.3, -0.25) is 0 Å². The van der Waals surface area contributed by atoms with E-state index in [4.69, 9.17) is 18.9 Å². The average Bonchev–Trinajstić information content (AvgIpc) is 3.00. The Labute approximate surface area is 177 Å². The Kier molecular flexibility index (Phi) is 4.70. The smallest absolute Gasteiger partial charge is 0.341 e. The van der Waals surface area contributed by atoms with Crippen molar-refractivity contribution in [2.75, 3.05) is 20.3 Å². The predicted octanol–water partition coefficient (Wildman–Crippen LogP) is 1.66. The molecule has 168 valence electrons.